The van der Waals surface area contributed by atoms with Gasteiger partial charge in [-0.15, -0.1) is 0 Å². The molecule has 0 aromatic heterocycles. The number of rotatable bonds is 1. The largest absolute Gasteiger partial charge is 0.0622 e. The van der Waals surface area contributed by atoms with E-state index in [-0.39, 0.29) is 0 Å². The molecule has 0 amide bonds. The van der Waals surface area contributed by atoms with Gasteiger partial charge in [0.25, 0.3) is 0 Å². The fourth-order valence-corrected chi connectivity index (χ4v) is 3.08. The van der Waals surface area contributed by atoms with Crippen LogP contribution in [-0.4, -0.2) is 0 Å². The monoisotopic (exact) mass is 268 g/mol. The van der Waals surface area contributed by atoms with Crippen LogP contribution in [0.3, 0.4) is 0 Å². The predicted octanol–water partition coefficient (Wildman–Crippen LogP) is 5.97. The van der Waals surface area contributed by atoms with E-state index in [9.17, 15) is 0 Å². The molecule has 0 fully saturated rings. The Morgan fingerprint density at radius 3 is 2.05 bits per heavy atom. The van der Waals surface area contributed by atoms with E-state index in [0.717, 1.165) is 0 Å². The van der Waals surface area contributed by atoms with Gasteiger partial charge in [0.15, 0.2) is 0 Å². The zero-order valence-corrected chi connectivity index (χ0v) is 12.0. The highest BCUT2D eigenvalue weighted by molar-refractivity contribution is 6.05. The summed E-state index contributed by atoms with van der Waals surface area (Å²) < 4.78 is 0. The van der Waals surface area contributed by atoms with Gasteiger partial charge in [0.1, 0.15) is 0 Å². The minimum atomic E-state index is 1.27. The summed E-state index contributed by atoms with van der Waals surface area (Å²) in [4.78, 5) is 0. The highest BCUT2D eigenvalue weighted by Crippen LogP contribution is 2.32. The van der Waals surface area contributed by atoms with Gasteiger partial charge < -0.3 is 0 Å². The molecule has 0 nitrogen and oxygen atoms in total. The Kier molecular flexibility index (Phi) is 2.75. The maximum absolute atomic E-state index is 2.32. The number of benzene rings is 4. The molecule has 0 aliphatic rings. The molecule has 0 bridgehead atoms. The predicted molar refractivity (Wildman–Crippen MR) is 91.6 cm³/mol. The molecule has 0 heteroatoms. The molecule has 0 saturated carbocycles. The average Bonchev–Trinajstić information content (AvgIpc) is 2.54. The van der Waals surface area contributed by atoms with Crippen molar-refractivity contribution >= 4 is 21.5 Å². The third-order valence-corrected chi connectivity index (χ3v) is 4.18. The zero-order chi connectivity index (χ0) is 14.2. The average molecular weight is 268 g/mol. The maximum Gasteiger partial charge on any atom is -0.00990 e. The minimum absolute atomic E-state index is 1.27. The quantitative estimate of drug-likeness (QED) is 0.373. The summed E-state index contributed by atoms with van der Waals surface area (Å²) in [7, 11) is 0. The van der Waals surface area contributed by atoms with Crippen molar-refractivity contribution in [2.45, 2.75) is 6.92 Å². The fourth-order valence-electron chi connectivity index (χ4n) is 3.08. The van der Waals surface area contributed by atoms with Gasteiger partial charge in [-0.05, 0) is 57.3 Å². The standard InChI is InChI=1S/C21H16/c1-15-7-5-10-17-14-21-18(13-20(15)17)11-6-12-19(21)16-8-3-2-4-9-16/h2-14H,1H3. The van der Waals surface area contributed by atoms with Crippen molar-refractivity contribution < 1.29 is 0 Å². The van der Waals surface area contributed by atoms with Crippen LogP contribution in [0, 0.1) is 6.92 Å². The lowest BCUT2D eigenvalue weighted by Crippen LogP contribution is -1.84. The van der Waals surface area contributed by atoms with Crippen molar-refractivity contribution in [3.63, 3.8) is 0 Å². The molecule has 0 radical (unpaired) electrons. The fraction of sp³-hybridized carbons (Fsp3) is 0.0476. The van der Waals surface area contributed by atoms with Crippen LogP contribution in [-0.2, 0) is 0 Å². The summed E-state index contributed by atoms with van der Waals surface area (Å²) in [5.74, 6) is 0. The van der Waals surface area contributed by atoms with Gasteiger partial charge in [-0.3, -0.25) is 0 Å². The van der Waals surface area contributed by atoms with Gasteiger partial charge in [0.05, 0.1) is 0 Å². The lowest BCUT2D eigenvalue weighted by atomic mass is 9.94. The van der Waals surface area contributed by atoms with E-state index < -0.39 is 0 Å². The van der Waals surface area contributed by atoms with Crippen LogP contribution in [0.2, 0.25) is 0 Å². The summed E-state index contributed by atoms with van der Waals surface area (Å²) >= 11 is 0. The van der Waals surface area contributed by atoms with Crippen LogP contribution in [0.5, 0.6) is 0 Å². The normalized spacial score (nSPS) is 11.1. The van der Waals surface area contributed by atoms with Gasteiger partial charge >= 0.3 is 0 Å². The summed E-state index contributed by atoms with van der Waals surface area (Å²) in [5.41, 5.74) is 3.91. The molecule has 21 heavy (non-hydrogen) atoms. The smallest absolute Gasteiger partial charge is 0.00990 e. The minimum Gasteiger partial charge on any atom is -0.0622 e. The first-order chi connectivity index (χ1) is 10.3. The van der Waals surface area contributed by atoms with E-state index >= 15 is 0 Å². The van der Waals surface area contributed by atoms with Gasteiger partial charge in [0, 0.05) is 0 Å². The van der Waals surface area contributed by atoms with Gasteiger partial charge in [0.2, 0.25) is 0 Å². The SMILES string of the molecule is Cc1cccc2cc3c(-c4ccccc4)cccc3cc12. The van der Waals surface area contributed by atoms with E-state index in [2.05, 4.69) is 85.8 Å². The molecule has 0 N–H and O–H groups in total. The van der Waals surface area contributed by atoms with Crippen molar-refractivity contribution in [1.29, 1.82) is 0 Å². The van der Waals surface area contributed by atoms with Crippen molar-refractivity contribution in [3.05, 3.63) is 84.4 Å². The molecule has 0 spiro atoms. The van der Waals surface area contributed by atoms with Crippen molar-refractivity contribution in [3.8, 4) is 11.1 Å². The zero-order valence-electron chi connectivity index (χ0n) is 12.0. The van der Waals surface area contributed by atoms with Crippen LogP contribution in [0.15, 0.2) is 78.9 Å². The topological polar surface area (TPSA) is 0 Å². The highest BCUT2D eigenvalue weighted by atomic mass is 14.1. The van der Waals surface area contributed by atoms with Crippen LogP contribution in [0.1, 0.15) is 5.56 Å². The second kappa shape index (κ2) is 4.75. The van der Waals surface area contributed by atoms with E-state index in [4.69, 9.17) is 0 Å². The Morgan fingerprint density at radius 2 is 1.24 bits per heavy atom. The molecule has 0 heterocycles. The maximum atomic E-state index is 2.32. The Balaban J connectivity index is 2.10. The van der Waals surface area contributed by atoms with Crippen molar-refractivity contribution in [2.75, 3.05) is 0 Å². The van der Waals surface area contributed by atoms with Crippen LogP contribution < -0.4 is 0 Å². The molecule has 4 aromatic carbocycles. The molecule has 0 unspecified atom stereocenters. The second-order valence-electron chi connectivity index (χ2n) is 5.54. The van der Waals surface area contributed by atoms with Crippen molar-refractivity contribution in [2.24, 2.45) is 0 Å². The molecule has 4 rings (SSSR count). The van der Waals surface area contributed by atoms with E-state index in [1.165, 1.54) is 38.2 Å². The summed E-state index contributed by atoms with van der Waals surface area (Å²) in [6.07, 6.45) is 0. The van der Waals surface area contributed by atoms with Crippen LogP contribution >= 0.6 is 0 Å². The third kappa shape index (κ3) is 2.00. The molecule has 100 valence electrons. The number of fused-ring (bicyclic) bond motifs is 2. The third-order valence-electron chi connectivity index (χ3n) is 4.18. The Hall–Kier alpha value is -2.60. The lowest BCUT2D eigenvalue weighted by Gasteiger charge is -2.10. The Morgan fingerprint density at radius 1 is 0.571 bits per heavy atom. The van der Waals surface area contributed by atoms with E-state index in [1.54, 1.807) is 0 Å². The molecule has 0 aliphatic carbocycles. The molecule has 0 saturated heterocycles. The summed E-state index contributed by atoms with van der Waals surface area (Å²) in [6.45, 7) is 2.18. The first-order valence-electron chi connectivity index (χ1n) is 7.30. The van der Waals surface area contributed by atoms with Gasteiger partial charge in [-0.2, -0.15) is 0 Å². The second-order valence-corrected chi connectivity index (χ2v) is 5.54. The van der Waals surface area contributed by atoms with Gasteiger partial charge in [-0.1, -0.05) is 66.7 Å². The Labute approximate surface area is 124 Å². The molecule has 4 aromatic rings. The number of hydrogen-bond donors (Lipinski definition) is 0. The molecule has 0 atom stereocenters. The molecular weight excluding hydrogens is 252 g/mol. The van der Waals surface area contributed by atoms with Crippen LogP contribution in [0.25, 0.3) is 32.7 Å². The van der Waals surface area contributed by atoms with E-state index in [0.29, 0.717) is 0 Å². The summed E-state index contributed by atoms with van der Waals surface area (Å²) in [6, 6.07) is 28.3. The first kappa shape index (κ1) is 12.2. The Bertz CT molecular complexity index is 934. The molecular formula is C21H16. The summed E-state index contributed by atoms with van der Waals surface area (Å²) in [5, 5.41) is 5.28. The number of hydrogen-bond acceptors (Lipinski definition) is 0. The molecule has 0 aliphatic heterocycles. The van der Waals surface area contributed by atoms with E-state index in [1.807, 2.05) is 0 Å². The highest BCUT2D eigenvalue weighted by Gasteiger charge is 2.05. The lowest BCUT2D eigenvalue weighted by molar-refractivity contribution is 1.54. The first-order valence-corrected chi connectivity index (χ1v) is 7.30. The van der Waals surface area contributed by atoms with Crippen LogP contribution in [0.4, 0.5) is 0 Å². The van der Waals surface area contributed by atoms with Crippen molar-refractivity contribution in [1.82, 2.24) is 0 Å². The van der Waals surface area contributed by atoms with Gasteiger partial charge in [-0.25, -0.2) is 0 Å². The number of aryl methyl sites for hydroxylation is 1.